The summed E-state index contributed by atoms with van der Waals surface area (Å²) in [6, 6.07) is 0. The van der Waals surface area contributed by atoms with Crippen LogP contribution < -0.4 is 0 Å². The Labute approximate surface area is 144 Å². The van der Waals surface area contributed by atoms with E-state index in [1.807, 2.05) is 13.0 Å². The lowest BCUT2D eigenvalue weighted by atomic mass is 10.1. The predicted octanol–water partition coefficient (Wildman–Crippen LogP) is 5.67. The Hall–Kier alpha value is -0.580. The van der Waals surface area contributed by atoms with Crippen LogP contribution in [0.1, 0.15) is 78.6 Å². The van der Waals surface area contributed by atoms with Gasteiger partial charge >= 0.3 is 0 Å². The van der Waals surface area contributed by atoms with Crippen LogP contribution in [0.5, 0.6) is 0 Å². The third kappa shape index (κ3) is 16.1. The maximum atomic E-state index is 5.24. The average Bonchev–Trinajstić information content (AvgIpc) is 2.59. The number of hydrogen-bond donors (Lipinski definition) is 0. The van der Waals surface area contributed by atoms with Gasteiger partial charge in [-0.25, -0.2) is 0 Å². The lowest BCUT2D eigenvalue weighted by molar-refractivity contribution is -0.355. The Bertz CT molecular complexity index is 229. The van der Waals surface area contributed by atoms with Crippen molar-refractivity contribution in [1.82, 2.24) is 0 Å². The van der Waals surface area contributed by atoms with E-state index in [1.165, 1.54) is 38.5 Å². The van der Waals surface area contributed by atoms with Gasteiger partial charge in [-0.15, -0.1) is 0 Å². The third-order valence-corrected chi connectivity index (χ3v) is 3.57. The summed E-state index contributed by atoms with van der Waals surface area (Å²) >= 11 is 0. The molecule has 4 heteroatoms. The first-order valence-corrected chi connectivity index (χ1v) is 9.04. The number of allylic oxidation sites excluding steroid dienone is 1. The standard InChI is InChI=1S/C13H28O3.C6H12O/c1-5-6-7-8-9-10-11-12-13(14-2,15-3)16-4;1-3-5-7-6-4-2/h5-12H2,1-4H3;3,5H,4,6H2,1-2H3. The van der Waals surface area contributed by atoms with Crippen molar-refractivity contribution in [2.75, 3.05) is 27.9 Å². The molecule has 0 unspecified atom stereocenters. The predicted molar refractivity (Wildman–Crippen MR) is 97.4 cm³/mol. The van der Waals surface area contributed by atoms with E-state index in [9.17, 15) is 0 Å². The molecule has 0 fully saturated rings. The summed E-state index contributed by atoms with van der Waals surface area (Å²) < 4.78 is 20.7. The number of hydrogen-bond acceptors (Lipinski definition) is 4. The Morgan fingerprint density at radius 2 is 1.26 bits per heavy atom. The van der Waals surface area contributed by atoms with Crippen molar-refractivity contribution in [3.63, 3.8) is 0 Å². The largest absolute Gasteiger partial charge is 0.502 e. The van der Waals surface area contributed by atoms with Crippen molar-refractivity contribution in [3.05, 3.63) is 12.3 Å². The van der Waals surface area contributed by atoms with E-state index in [0.29, 0.717) is 0 Å². The first-order chi connectivity index (χ1) is 11.2. The third-order valence-electron chi connectivity index (χ3n) is 3.57. The normalized spacial score (nSPS) is 11.4. The second kappa shape index (κ2) is 19.5. The first kappa shape index (κ1) is 24.7. The molecule has 23 heavy (non-hydrogen) atoms. The van der Waals surface area contributed by atoms with E-state index in [0.717, 1.165) is 25.9 Å². The molecule has 0 aliphatic rings. The van der Waals surface area contributed by atoms with Gasteiger partial charge in [0.2, 0.25) is 0 Å². The summed E-state index contributed by atoms with van der Waals surface area (Å²) in [6.45, 7) is 7.10. The highest BCUT2D eigenvalue weighted by atomic mass is 16.9. The van der Waals surface area contributed by atoms with Crippen LogP contribution in [0, 0.1) is 0 Å². The fourth-order valence-electron chi connectivity index (χ4n) is 2.14. The Morgan fingerprint density at radius 1 is 0.739 bits per heavy atom. The van der Waals surface area contributed by atoms with Gasteiger partial charge in [0.25, 0.3) is 5.97 Å². The number of methoxy groups -OCH3 is 3. The van der Waals surface area contributed by atoms with E-state index in [-0.39, 0.29) is 0 Å². The molecule has 0 bridgehead atoms. The SMILES string of the molecule is CC=COCCC.CCCCCCCCCC(OC)(OC)OC. The Kier molecular flexibility index (Phi) is 20.9. The Morgan fingerprint density at radius 3 is 1.70 bits per heavy atom. The molecule has 0 aromatic heterocycles. The highest BCUT2D eigenvalue weighted by Gasteiger charge is 2.28. The van der Waals surface area contributed by atoms with Crippen molar-refractivity contribution in [1.29, 1.82) is 0 Å². The zero-order valence-corrected chi connectivity index (χ0v) is 16.4. The number of rotatable bonds is 14. The van der Waals surface area contributed by atoms with Gasteiger partial charge in [0.1, 0.15) is 0 Å². The summed E-state index contributed by atoms with van der Waals surface area (Å²) in [6.07, 6.45) is 14.5. The lowest BCUT2D eigenvalue weighted by Crippen LogP contribution is -2.35. The molecule has 140 valence electrons. The molecule has 0 saturated heterocycles. The topological polar surface area (TPSA) is 36.9 Å². The highest BCUT2D eigenvalue weighted by Crippen LogP contribution is 2.21. The molecule has 0 amide bonds. The van der Waals surface area contributed by atoms with Crippen molar-refractivity contribution in [2.45, 2.75) is 84.5 Å². The summed E-state index contributed by atoms with van der Waals surface area (Å²) in [4.78, 5) is 0. The van der Waals surface area contributed by atoms with E-state index in [1.54, 1.807) is 27.6 Å². The quantitative estimate of drug-likeness (QED) is 0.233. The van der Waals surface area contributed by atoms with Gasteiger partial charge in [-0.1, -0.05) is 58.4 Å². The second-order valence-electron chi connectivity index (χ2n) is 5.51. The fraction of sp³-hybridized carbons (Fsp3) is 0.895. The summed E-state index contributed by atoms with van der Waals surface area (Å²) in [7, 11) is 4.86. The van der Waals surface area contributed by atoms with E-state index in [2.05, 4.69) is 13.8 Å². The fourth-order valence-corrected chi connectivity index (χ4v) is 2.14. The zero-order valence-electron chi connectivity index (χ0n) is 16.4. The van der Waals surface area contributed by atoms with Crippen molar-refractivity contribution >= 4 is 0 Å². The van der Waals surface area contributed by atoms with Gasteiger partial charge < -0.3 is 18.9 Å². The van der Waals surface area contributed by atoms with E-state index < -0.39 is 5.97 Å². The van der Waals surface area contributed by atoms with Gasteiger partial charge in [-0.3, -0.25) is 0 Å². The molecule has 0 spiro atoms. The summed E-state index contributed by atoms with van der Waals surface area (Å²) in [5.74, 6) is -0.830. The first-order valence-electron chi connectivity index (χ1n) is 9.04. The molecule has 0 radical (unpaired) electrons. The molecular formula is C19H40O4. The van der Waals surface area contributed by atoms with Crippen LogP contribution in [-0.4, -0.2) is 33.9 Å². The molecule has 0 N–H and O–H groups in total. The van der Waals surface area contributed by atoms with Gasteiger partial charge in [0.05, 0.1) is 12.9 Å². The van der Waals surface area contributed by atoms with Crippen LogP contribution in [-0.2, 0) is 18.9 Å². The summed E-state index contributed by atoms with van der Waals surface area (Å²) in [5.41, 5.74) is 0. The molecule has 0 aliphatic heterocycles. The maximum absolute atomic E-state index is 5.24. The molecule has 0 saturated carbocycles. The maximum Gasteiger partial charge on any atom is 0.282 e. The van der Waals surface area contributed by atoms with Gasteiger partial charge in [0.15, 0.2) is 0 Å². The van der Waals surface area contributed by atoms with Crippen LogP contribution in [0.2, 0.25) is 0 Å². The monoisotopic (exact) mass is 332 g/mol. The van der Waals surface area contributed by atoms with Crippen molar-refractivity contribution in [3.8, 4) is 0 Å². The second-order valence-corrected chi connectivity index (χ2v) is 5.51. The minimum absolute atomic E-state index is 0.796. The Balaban J connectivity index is 0. The lowest BCUT2D eigenvalue weighted by Gasteiger charge is -2.28. The molecular weight excluding hydrogens is 292 g/mol. The van der Waals surface area contributed by atoms with E-state index in [4.69, 9.17) is 18.9 Å². The number of ether oxygens (including phenoxy) is 4. The van der Waals surface area contributed by atoms with Crippen LogP contribution >= 0.6 is 0 Å². The highest BCUT2D eigenvalue weighted by molar-refractivity contribution is 4.64. The zero-order chi connectivity index (χ0) is 17.8. The molecule has 0 rings (SSSR count). The smallest absolute Gasteiger partial charge is 0.282 e. The number of unbranched alkanes of at least 4 members (excludes halogenated alkanes) is 6. The minimum Gasteiger partial charge on any atom is -0.502 e. The van der Waals surface area contributed by atoms with Crippen LogP contribution in [0.25, 0.3) is 0 Å². The average molecular weight is 333 g/mol. The van der Waals surface area contributed by atoms with Gasteiger partial charge in [0, 0.05) is 27.8 Å². The van der Waals surface area contributed by atoms with Crippen LogP contribution in [0.4, 0.5) is 0 Å². The van der Waals surface area contributed by atoms with Crippen LogP contribution in [0.3, 0.4) is 0 Å². The van der Waals surface area contributed by atoms with Crippen molar-refractivity contribution < 1.29 is 18.9 Å². The molecule has 4 nitrogen and oxygen atoms in total. The van der Waals surface area contributed by atoms with Gasteiger partial charge in [-0.2, -0.15) is 0 Å². The van der Waals surface area contributed by atoms with Gasteiger partial charge in [-0.05, 0) is 19.8 Å². The van der Waals surface area contributed by atoms with Crippen molar-refractivity contribution in [2.24, 2.45) is 0 Å². The summed E-state index contributed by atoms with van der Waals surface area (Å²) in [5, 5.41) is 0. The van der Waals surface area contributed by atoms with Crippen LogP contribution in [0.15, 0.2) is 12.3 Å². The van der Waals surface area contributed by atoms with E-state index >= 15 is 0 Å². The molecule has 0 atom stereocenters. The molecule has 0 aromatic carbocycles. The molecule has 0 aromatic rings. The minimum atomic E-state index is -0.830. The molecule has 0 heterocycles. The molecule has 0 aliphatic carbocycles.